The zero-order valence-electron chi connectivity index (χ0n) is 8.26. The van der Waals surface area contributed by atoms with Gasteiger partial charge in [-0.25, -0.2) is 9.78 Å². The summed E-state index contributed by atoms with van der Waals surface area (Å²) in [4.78, 5) is 15.3. The Bertz CT molecular complexity index is 487. The predicted molar refractivity (Wildman–Crippen MR) is 49.9 cm³/mol. The summed E-state index contributed by atoms with van der Waals surface area (Å²) in [7, 11) is 3.10. The van der Waals surface area contributed by atoms with E-state index < -0.39 is 5.97 Å². The predicted octanol–water partition coefficient (Wildman–Crippen LogP) is -0.00820. The SMILES string of the molecule is COC(=O)c1n[nH]nc1-c1cncn1C. The van der Waals surface area contributed by atoms with E-state index in [2.05, 4.69) is 25.1 Å². The highest BCUT2D eigenvalue weighted by Gasteiger charge is 2.20. The Kier molecular flexibility index (Phi) is 2.20. The van der Waals surface area contributed by atoms with Gasteiger partial charge in [0.2, 0.25) is 0 Å². The Labute approximate surface area is 85.1 Å². The summed E-state index contributed by atoms with van der Waals surface area (Å²) in [5.41, 5.74) is 1.28. The molecule has 78 valence electrons. The molecule has 0 aliphatic carbocycles. The van der Waals surface area contributed by atoms with Crippen LogP contribution in [0.3, 0.4) is 0 Å². The highest BCUT2D eigenvalue weighted by molar-refractivity contribution is 5.93. The van der Waals surface area contributed by atoms with Crippen LogP contribution < -0.4 is 0 Å². The lowest BCUT2D eigenvalue weighted by Gasteiger charge is -1.99. The van der Waals surface area contributed by atoms with E-state index >= 15 is 0 Å². The van der Waals surface area contributed by atoms with Gasteiger partial charge in [-0.1, -0.05) is 0 Å². The second kappa shape index (κ2) is 3.52. The number of hydrogen-bond acceptors (Lipinski definition) is 5. The molecule has 0 aliphatic rings. The first-order chi connectivity index (χ1) is 7.24. The number of aromatic amines is 1. The summed E-state index contributed by atoms with van der Waals surface area (Å²) in [6.07, 6.45) is 3.22. The van der Waals surface area contributed by atoms with Crippen molar-refractivity contribution in [2.24, 2.45) is 7.05 Å². The van der Waals surface area contributed by atoms with Gasteiger partial charge >= 0.3 is 5.97 Å². The van der Waals surface area contributed by atoms with Crippen molar-refractivity contribution >= 4 is 5.97 Å². The van der Waals surface area contributed by atoms with Crippen molar-refractivity contribution in [1.82, 2.24) is 25.0 Å². The second-order valence-corrected chi connectivity index (χ2v) is 2.90. The van der Waals surface area contributed by atoms with Gasteiger partial charge in [0.1, 0.15) is 5.69 Å². The van der Waals surface area contributed by atoms with E-state index in [-0.39, 0.29) is 5.69 Å². The molecule has 0 saturated carbocycles. The molecule has 2 aromatic rings. The minimum absolute atomic E-state index is 0.154. The van der Waals surface area contributed by atoms with E-state index in [0.29, 0.717) is 11.4 Å². The smallest absolute Gasteiger partial charge is 0.360 e. The fraction of sp³-hybridized carbons (Fsp3) is 0.250. The molecule has 0 spiro atoms. The molecule has 2 heterocycles. The van der Waals surface area contributed by atoms with Gasteiger partial charge in [0.25, 0.3) is 0 Å². The number of hydrogen-bond donors (Lipinski definition) is 1. The van der Waals surface area contributed by atoms with Gasteiger partial charge < -0.3 is 9.30 Å². The molecule has 2 rings (SSSR count). The first-order valence-electron chi connectivity index (χ1n) is 4.20. The maximum absolute atomic E-state index is 11.3. The normalized spacial score (nSPS) is 10.3. The Morgan fingerprint density at radius 1 is 1.53 bits per heavy atom. The van der Waals surface area contributed by atoms with Crippen LogP contribution in [0, 0.1) is 0 Å². The number of aryl methyl sites for hydroxylation is 1. The summed E-state index contributed by atoms with van der Waals surface area (Å²) in [5, 5.41) is 10.0. The van der Waals surface area contributed by atoms with Crippen LogP contribution in [0.1, 0.15) is 10.5 Å². The number of aromatic nitrogens is 5. The van der Waals surface area contributed by atoms with Crippen molar-refractivity contribution in [3.8, 4) is 11.4 Å². The third kappa shape index (κ3) is 1.47. The van der Waals surface area contributed by atoms with Gasteiger partial charge in [0.05, 0.1) is 25.3 Å². The minimum Gasteiger partial charge on any atom is -0.464 e. The van der Waals surface area contributed by atoms with Gasteiger partial charge in [0, 0.05) is 7.05 Å². The van der Waals surface area contributed by atoms with E-state index in [1.807, 2.05) is 0 Å². The van der Waals surface area contributed by atoms with Crippen molar-refractivity contribution in [2.45, 2.75) is 0 Å². The number of esters is 1. The fourth-order valence-corrected chi connectivity index (χ4v) is 1.23. The molecule has 7 heteroatoms. The van der Waals surface area contributed by atoms with Crippen LogP contribution in [-0.4, -0.2) is 38.0 Å². The molecule has 7 nitrogen and oxygen atoms in total. The number of rotatable bonds is 2. The van der Waals surface area contributed by atoms with Crippen LogP contribution in [0.25, 0.3) is 11.4 Å². The zero-order chi connectivity index (χ0) is 10.8. The number of nitrogens with zero attached hydrogens (tertiary/aromatic N) is 4. The van der Waals surface area contributed by atoms with Gasteiger partial charge in [-0.05, 0) is 0 Å². The molecule has 0 unspecified atom stereocenters. The lowest BCUT2D eigenvalue weighted by molar-refractivity contribution is 0.0595. The molecule has 0 atom stereocenters. The molecular weight excluding hydrogens is 198 g/mol. The molecule has 2 aromatic heterocycles. The Morgan fingerprint density at radius 3 is 2.93 bits per heavy atom. The molecule has 0 saturated heterocycles. The number of nitrogens with one attached hydrogen (secondary N) is 1. The number of carbonyl (C=O) groups excluding carboxylic acids is 1. The topological polar surface area (TPSA) is 85.7 Å². The number of methoxy groups -OCH3 is 1. The molecule has 0 fully saturated rings. The van der Waals surface area contributed by atoms with Crippen LogP contribution in [0.2, 0.25) is 0 Å². The fourth-order valence-electron chi connectivity index (χ4n) is 1.23. The average Bonchev–Trinajstić information content (AvgIpc) is 2.84. The van der Waals surface area contributed by atoms with Crippen LogP contribution >= 0.6 is 0 Å². The molecule has 0 aliphatic heterocycles. The molecule has 15 heavy (non-hydrogen) atoms. The maximum Gasteiger partial charge on any atom is 0.360 e. The van der Waals surface area contributed by atoms with E-state index in [1.165, 1.54) is 7.11 Å². The molecule has 1 N–H and O–H groups in total. The van der Waals surface area contributed by atoms with Crippen molar-refractivity contribution in [1.29, 1.82) is 0 Å². The number of H-pyrrole nitrogens is 1. The van der Waals surface area contributed by atoms with Crippen LogP contribution in [0.5, 0.6) is 0 Å². The monoisotopic (exact) mass is 207 g/mol. The lowest BCUT2D eigenvalue weighted by Crippen LogP contribution is -2.04. The highest BCUT2D eigenvalue weighted by atomic mass is 16.5. The van der Waals surface area contributed by atoms with Gasteiger partial charge in [-0.15, -0.1) is 5.10 Å². The molecule has 0 aromatic carbocycles. The van der Waals surface area contributed by atoms with Crippen LogP contribution in [0.4, 0.5) is 0 Å². The van der Waals surface area contributed by atoms with Crippen molar-refractivity contribution < 1.29 is 9.53 Å². The van der Waals surface area contributed by atoms with Crippen molar-refractivity contribution in [3.05, 3.63) is 18.2 Å². The standard InChI is InChI=1S/C8H9N5O2/c1-13-4-9-3-5(13)6-7(8(14)15-2)11-12-10-6/h3-4H,1-2H3,(H,10,11,12). The van der Waals surface area contributed by atoms with E-state index in [9.17, 15) is 4.79 Å². The molecule has 0 bridgehead atoms. The van der Waals surface area contributed by atoms with E-state index in [0.717, 1.165) is 0 Å². The van der Waals surface area contributed by atoms with Gasteiger partial charge in [-0.2, -0.15) is 10.3 Å². The third-order valence-corrected chi connectivity index (χ3v) is 1.99. The molecular formula is C8H9N5O2. The summed E-state index contributed by atoms with van der Waals surface area (Å²) in [6.45, 7) is 0. The first kappa shape index (κ1) is 9.38. The maximum atomic E-state index is 11.3. The Balaban J connectivity index is 2.50. The summed E-state index contributed by atoms with van der Waals surface area (Å²) < 4.78 is 6.32. The largest absolute Gasteiger partial charge is 0.464 e. The quantitative estimate of drug-likeness (QED) is 0.700. The third-order valence-electron chi connectivity index (χ3n) is 1.99. The van der Waals surface area contributed by atoms with Gasteiger partial charge in [-0.3, -0.25) is 0 Å². The van der Waals surface area contributed by atoms with Gasteiger partial charge in [0.15, 0.2) is 5.69 Å². The highest BCUT2D eigenvalue weighted by Crippen LogP contribution is 2.18. The Hall–Kier alpha value is -2.18. The second-order valence-electron chi connectivity index (χ2n) is 2.90. The number of ether oxygens (including phenoxy) is 1. The molecule has 0 radical (unpaired) electrons. The summed E-state index contributed by atoms with van der Waals surface area (Å²) in [5.74, 6) is -0.528. The van der Waals surface area contributed by atoms with Crippen LogP contribution in [-0.2, 0) is 11.8 Å². The van der Waals surface area contributed by atoms with Crippen molar-refractivity contribution in [3.63, 3.8) is 0 Å². The first-order valence-corrected chi connectivity index (χ1v) is 4.20. The van der Waals surface area contributed by atoms with Crippen molar-refractivity contribution in [2.75, 3.05) is 7.11 Å². The average molecular weight is 207 g/mol. The summed E-state index contributed by atoms with van der Waals surface area (Å²) >= 11 is 0. The van der Waals surface area contributed by atoms with E-state index in [4.69, 9.17) is 0 Å². The van der Waals surface area contributed by atoms with E-state index in [1.54, 1.807) is 24.1 Å². The summed E-state index contributed by atoms with van der Waals surface area (Å²) in [6, 6.07) is 0. The van der Waals surface area contributed by atoms with Crippen LogP contribution in [0.15, 0.2) is 12.5 Å². The lowest BCUT2D eigenvalue weighted by atomic mass is 10.2. The number of carbonyl (C=O) groups is 1. The minimum atomic E-state index is -0.528. The molecule has 0 amide bonds. The number of imidazole rings is 1. The Morgan fingerprint density at radius 2 is 2.33 bits per heavy atom. The zero-order valence-corrected chi connectivity index (χ0v) is 8.26.